The van der Waals surface area contributed by atoms with Crippen molar-refractivity contribution < 1.29 is 5.11 Å². The Morgan fingerprint density at radius 2 is 2.16 bits per heavy atom. The molecule has 1 aromatic rings. The average molecular weight is 262 g/mol. The van der Waals surface area contributed by atoms with E-state index in [1.54, 1.807) is 0 Å². The molecule has 106 valence electrons. The number of rotatable bonds is 5. The fourth-order valence-electron chi connectivity index (χ4n) is 2.71. The van der Waals surface area contributed by atoms with Gasteiger partial charge in [-0.25, -0.2) is 0 Å². The third kappa shape index (κ3) is 3.48. The summed E-state index contributed by atoms with van der Waals surface area (Å²) in [6.45, 7) is 6.46. The van der Waals surface area contributed by atoms with Crippen LogP contribution >= 0.6 is 0 Å². The van der Waals surface area contributed by atoms with Crippen molar-refractivity contribution in [2.75, 3.05) is 25.1 Å². The molecule has 1 aliphatic rings. The lowest BCUT2D eigenvalue weighted by atomic mass is 9.99. The van der Waals surface area contributed by atoms with Gasteiger partial charge in [0, 0.05) is 31.9 Å². The van der Waals surface area contributed by atoms with E-state index in [9.17, 15) is 5.11 Å². The summed E-state index contributed by atoms with van der Waals surface area (Å²) in [5, 5.41) is 12.8. The first-order valence-corrected chi connectivity index (χ1v) is 7.29. The maximum atomic E-state index is 9.33. The van der Waals surface area contributed by atoms with Gasteiger partial charge in [-0.1, -0.05) is 26.0 Å². The Hall–Kier alpha value is -1.06. The Kier molecular flexibility index (Phi) is 4.83. The van der Waals surface area contributed by atoms with E-state index < -0.39 is 0 Å². The van der Waals surface area contributed by atoms with Crippen molar-refractivity contribution in [3.8, 4) is 0 Å². The zero-order valence-electron chi connectivity index (χ0n) is 12.3. The summed E-state index contributed by atoms with van der Waals surface area (Å²) in [5.41, 5.74) is 4.14. The molecule has 0 amide bonds. The van der Waals surface area contributed by atoms with Gasteiger partial charge >= 0.3 is 0 Å². The van der Waals surface area contributed by atoms with E-state index in [1.165, 1.54) is 29.7 Å². The van der Waals surface area contributed by atoms with E-state index in [2.05, 4.69) is 49.3 Å². The van der Waals surface area contributed by atoms with Gasteiger partial charge in [-0.3, -0.25) is 0 Å². The highest BCUT2D eigenvalue weighted by molar-refractivity contribution is 5.56. The maximum absolute atomic E-state index is 9.33. The lowest BCUT2D eigenvalue weighted by Crippen LogP contribution is -2.36. The highest BCUT2D eigenvalue weighted by atomic mass is 16.3. The lowest BCUT2D eigenvalue weighted by Gasteiger charge is -2.28. The van der Waals surface area contributed by atoms with Crippen molar-refractivity contribution >= 4 is 5.69 Å². The molecule has 0 unspecified atom stereocenters. The van der Waals surface area contributed by atoms with Crippen molar-refractivity contribution in [2.24, 2.45) is 5.92 Å². The third-order valence-corrected chi connectivity index (χ3v) is 4.06. The third-order valence-electron chi connectivity index (χ3n) is 4.06. The second kappa shape index (κ2) is 6.40. The van der Waals surface area contributed by atoms with Gasteiger partial charge in [-0.2, -0.15) is 0 Å². The van der Waals surface area contributed by atoms with E-state index in [0.717, 1.165) is 13.1 Å². The zero-order valence-corrected chi connectivity index (χ0v) is 12.3. The first kappa shape index (κ1) is 14.4. The van der Waals surface area contributed by atoms with Gasteiger partial charge in [-0.15, -0.1) is 0 Å². The smallest absolute Gasteiger partial charge is 0.0587 e. The quantitative estimate of drug-likeness (QED) is 0.854. The fourth-order valence-corrected chi connectivity index (χ4v) is 2.71. The summed E-state index contributed by atoms with van der Waals surface area (Å²) in [5.74, 6) is 0.453. The van der Waals surface area contributed by atoms with Gasteiger partial charge in [0.25, 0.3) is 0 Å². The zero-order chi connectivity index (χ0) is 13.8. The van der Waals surface area contributed by atoms with E-state index >= 15 is 0 Å². The summed E-state index contributed by atoms with van der Waals surface area (Å²) in [4.78, 5) is 2.33. The number of aliphatic hydroxyl groups is 1. The highest BCUT2D eigenvalue weighted by Crippen LogP contribution is 2.26. The van der Waals surface area contributed by atoms with Crippen LogP contribution in [0, 0.1) is 5.92 Å². The number of aliphatic hydroxyl groups excluding tert-OH is 1. The van der Waals surface area contributed by atoms with E-state index in [0.29, 0.717) is 5.92 Å². The summed E-state index contributed by atoms with van der Waals surface area (Å²) in [7, 11) is 2.16. The molecule has 0 bridgehead atoms. The first-order chi connectivity index (χ1) is 9.11. The molecule has 1 aromatic carbocycles. The molecule has 3 nitrogen and oxygen atoms in total. The van der Waals surface area contributed by atoms with E-state index in [1.807, 2.05) is 0 Å². The maximum Gasteiger partial charge on any atom is 0.0587 e. The predicted molar refractivity (Wildman–Crippen MR) is 80.6 cm³/mol. The van der Waals surface area contributed by atoms with Crippen LogP contribution in [0.3, 0.4) is 0 Å². The number of nitrogens with one attached hydrogen (secondary N) is 1. The van der Waals surface area contributed by atoms with Gasteiger partial charge < -0.3 is 15.3 Å². The Morgan fingerprint density at radius 3 is 2.84 bits per heavy atom. The van der Waals surface area contributed by atoms with Crippen LogP contribution in [0.4, 0.5) is 5.69 Å². The fraction of sp³-hybridized carbons (Fsp3) is 0.625. The summed E-state index contributed by atoms with van der Waals surface area (Å²) < 4.78 is 0. The number of benzene rings is 1. The molecule has 1 heterocycles. The first-order valence-electron chi connectivity index (χ1n) is 7.29. The van der Waals surface area contributed by atoms with Crippen molar-refractivity contribution in [2.45, 2.75) is 39.3 Å². The second-order valence-corrected chi connectivity index (χ2v) is 5.90. The number of fused-ring (bicyclic) bond motifs is 1. The average Bonchev–Trinajstić information content (AvgIpc) is 2.39. The van der Waals surface area contributed by atoms with Gasteiger partial charge in [0.15, 0.2) is 0 Å². The Bertz CT molecular complexity index is 417. The molecule has 2 N–H and O–H groups in total. The minimum absolute atomic E-state index is 0.179. The van der Waals surface area contributed by atoms with Gasteiger partial charge in [0.2, 0.25) is 0 Å². The van der Waals surface area contributed by atoms with Gasteiger partial charge in [0.1, 0.15) is 0 Å². The molecule has 3 heteroatoms. The molecular weight excluding hydrogens is 236 g/mol. The van der Waals surface area contributed by atoms with Crippen molar-refractivity contribution in [3.63, 3.8) is 0 Å². The van der Waals surface area contributed by atoms with Crippen LogP contribution in [0.15, 0.2) is 18.2 Å². The molecule has 19 heavy (non-hydrogen) atoms. The molecule has 2 rings (SSSR count). The molecule has 0 fully saturated rings. The number of nitrogens with zero attached hydrogens (tertiary/aromatic N) is 1. The SMILES string of the molecule is CC(C)[C@@H](CO)NCc1ccc2c(c1)CCCN2C. The largest absolute Gasteiger partial charge is 0.395 e. The minimum Gasteiger partial charge on any atom is -0.395 e. The number of aryl methyl sites for hydroxylation is 1. The lowest BCUT2D eigenvalue weighted by molar-refractivity contribution is 0.210. The molecule has 0 aromatic heterocycles. The molecule has 1 aliphatic heterocycles. The van der Waals surface area contributed by atoms with Crippen LogP contribution in [0.25, 0.3) is 0 Å². The van der Waals surface area contributed by atoms with Gasteiger partial charge in [0.05, 0.1) is 6.61 Å². The van der Waals surface area contributed by atoms with Crippen molar-refractivity contribution in [3.05, 3.63) is 29.3 Å². The molecule has 0 aliphatic carbocycles. The minimum atomic E-state index is 0.179. The molecule has 0 radical (unpaired) electrons. The van der Waals surface area contributed by atoms with Crippen LogP contribution < -0.4 is 10.2 Å². The topological polar surface area (TPSA) is 35.5 Å². The van der Waals surface area contributed by atoms with Crippen LogP contribution in [0.1, 0.15) is 31.4 Å². The molecule has 0 saturated heterocycles. The monoisotopic (exact) mass is 262 g/mol. The number of anilines is 1. The summed E-state index contributed by atoms with van der Waals surface area (Å²) >= 11 is 0. The van der Waals surface area contributed by atoms with Crippen molar-refractivity contribution in [1.82, 2.24) is 5.32 Å². The van der Waals surface area contributed by atoms with Gasteiger partial charge in [-0.05, 0) is 36.0 Å². The van der Waals surface area contributed by atoms with Crippen LogP contribution in [0.5, 0.6) is 0 Å². The molecule has 0 saturated carbocycles. The number of hydrogen-bond acceptors (Lipinski definition) is 3. The second-order valence-electron chi connectivity index (χ2n) is 5.90. The van der Waals surface area contributed by atoms with Crippen molar-refractivity contribution in [1.29, 1.82) is 0 Å². The Balaban J connectivity index is 2.02. The summed E-state index contributed by atoms with van der Waals surface area (Å²) in [6.07, 6.45) is 2.42. The Morgan fingerprint density at radius 1 is 1.37 bits per heavy atom. The van der Waals surface area contributed by atoms with Crippen LogP contribution in [-0.2, 0) is 13.0 Å². The predicted octanol–water partition coefficient (Wildman–Crippen LogP) is 2.18. The normalized spacial score (nSPS) is 16.6. The van der Waals surface area contributed by atoms with Crippen LogP contribution in [0.2, 0.25) is 0 Å². The number of hydrogen-bond donors (Lipinski definition) is 2. The Labute approximate surface area is 116 Å². The van der Waals surface area contributed by atoms with E-state index in [4.69, 9.17) is 0 Å². The molecular formula is C16H26N2O. The summed E-state index contributed by atoms with van der Waals surface area (Å²) in [6, 6.07) is 6.92. The molecule has 0 spiro atoms. The molecule has 1 atom stereocenters. The van der Waals surface area contributed by atoms with E-state index in [-0.39, 0.29) is 12.6 Å². The standard InChI is InChI=1S/C16H26N2O/c1-12(2)15(11-19)17-10-13-6-7-16-14(9-13)5-4-8-18(16)3/h6-7,9,12,15,17,19H,4-5,8,10-11H2,1-3H3/t15-/m1/s1. The highest BCUT2D eigenvalue weighted by Gasteiger charge is 2.15. The van der Waals surface area contributed by atoms with Crippen LogP contribution in [-0.4, -0.2) is 31.3 Å².